The predicted octanol–water partition coefficient (Wildman–Crippen LogP) is 2.46. The third kappa shape index (κ3) is 12.4. The molecule has 0 aliphatic carbocycles. The molecule has 0 saturated heterocycles. The monoisotopic (exact) mass is 445 g/mol. The summed E-state index contributed by atoms with van der Waals surface area (Å²) in [6, 6.07) is 4.51. The van der Waals surface area contributed by atoms with Crippen LogP contribution in [0.1, 0.15) is 24.8 Å². The lowest BCUT2D eigenvalue weighted by Crippen LogP contribution is -2.09. The Morgan fingerprint density at radius 1 is 1.23 bits per heavy atom. The van der Waals surface area contributed by atoms with E-state index in [-0.39, 0.29) is 10.7 Å². The van der Waals surface area contributed by atoms with E-state index < -0.39 is 16.9 Å². The maximum absolute atomic E-state index is 10.8. The SMILES string of the molecule is COCCCCC(=NOCCN)c1ccc([N+](=O)[O-])c(Cl)c1.O=C(O)C=CC(=O)O. The second kappa shape index (κ2) is 15.9. The minimum atomic E-state index is -1.26. The zero-order chi connectivity index (χ0) is 22.9. The van der Waals surface area contributed by atoms with Crippen LogP contribution in [0.4, 0.5) is 5.69 Å². The fraction of sp³-hybridized carbons (Fsp3) is 0.389. The number of hydrogen-bond acceptors (Lipinski definition) is 8. The first-order valence-corrected chi connectivity index (χ1v) is 9.06. The van der Waals surface area contributed by atoms with Crippen molar-refractivity contribution in [2.75, 3.05) is 26.9 Å². The van der Waals surface area contributed by atoms with Gasteiger partial charge in [-0.3, -0.25) is 10.1 Å². The van der Waals surface area contributed by atoms with Crippen LogP contribution in [0.3, 0.4) is 0 Å². The lowest BCUT2D eigenvalue weighted by molar-refractivity contribution is -0.384. The highest BCUT2D eigenvalue weighted by Gasteiger charge is 2.14. The number of nitrogens with two attached hydrogens (primary N) is 1. The van der Waals surface area contributed by atoms with E-state index in [9.17, 15) is 19.7 Å². The van der Waals surface area contributed by atoms with Crippen molar-refractivity contribution in [3.8, 4) is 0 Å². The second-order valence-corrected chi connectivity index (χ2v) is 5.95. The summed E-state index contributed by atoms with van der Waals surface area (Å²) in [6.45, 7) is 1.34. The summed E-state index contributed by atoms with van der Waals surface area (Å²) in [5, 5.41) is 30.6. The molecule has 30 heavy (non-hydrogen) atoms. The van der Waals surface area contributed by atoms with Crippen LogP contribution in [0.15, 0.2) is 35.5 Å². The number of oxime groups is 1. The number of halogens is 1. The minimum Gasteiger partial charge on any atom is -0.478 e. The molecule has 11 nitrogen and oxygen atoms in total. The van der Waals surface area contributed by atoms with Crippen molar-refractivity contribution in [3.63, 3.8) is 0 Å². The molecule has 0 unspecified atom stereocenters. The first-order chi connectivity index (χ1) is 14.2. The van der Waals surface area contributed by atoms with Crippen LogP contribution >= 0.6 is 11.6 Å². The molecule has 0 spiro atoms. The van der Waals surface area contributed by atoms with Crippen molar-refractivity contribution in [3.05, 3.63) is 51.1 Å². The van der Waals surface area contributed by atoms with Crippen LogP contribution in [0.2, 0.25) is 5.02 Å². The maximum Gasteiger partial charge on any atom is 0.328 e. The molecule has 1 aromatic rings. The molecule has 0 atom stereocenters. The number of unbranched alkanes of at least 4 members (excludes halogenated alkanes) is 1. The molecule has 0 amide bonds. The minimum absolute atomic E-state index is 0.0749. The Morgan fingerprint density at radius 2 is 1.87 bits per heavy atom. The summed E-state index contributed by atoms with van der Waals surface area (Å²) in [7, 11) is 1.65. The van der Waals surface area contributed by atoms with Crippen molar-refractivity contribution in [2.45, 2.75) is 19.3 Å². The largest absolute Gasteiger partial charge is 0.478 e. The van der Waals surface area contributed by atoms with Crippen LogP contribution in [-0.4, -0.2) is 59.7 Å². The van der Waals surface area contributed by atoms with Crippen LogP contribution in [0, 0.1) is 10.1 Å². The number of carboxylic acid groups (broad SMARTS) is 2. The standard InChI is InChI=1S/C14H20ClN3O4.C4H4O4/c1-21-8-3-2-4-13(17-22-9-7-16)11-5-6-14(18(19)20)12(15)10-11;5-3(6)1-2-4(7)8/h5-6,10H,2-4,7-9,16H2,1H3;1-2H,(H,5,6)(H,7,8). The van der Waals surface area contributed by atoms with Crippen molar-refractivity contribution in [1.82, 2.24) is 0 Å². The number of hydrogen-bond donors (Lipinski definition) is 3. The Bertz CT molecular complexity index is 752. The summed E-state index contributed by atoms with van der Waals surface area (Å²) in [4.78, 5) is 34.5. The molecule has 0 radical (unpaired) electrons. The highest BCUT2D eigenvalue weighted by atomic mass is 35.5. The van der Waals surface area contributed by atoms with Gasteiger partial charge in [0, 0.05) is 44.0 Å². The molecule has 0 aromatic heterocycles. The van der Waals surface area contributed by atoms with Gasteiger partial charge in [-0.15, -0.1) is 0 Å². The number of nitrogens with zero attached hydrogens (tertiary/aromatic N) is 2. The van der Waals surface area contributed by atoms with Crippen molar-refractivity contribution < 1.29 is 34.3 Å². The summed E-state index contributed by atoms with van der Waals surface area (Å²) >= 11 is 5.94. The van der Waals surface area contributed by atoms with E-state index in [1.54, 1.807) is 13.2 Å². The zero-order valence-electron chi connectivity index (χ0n) is 16.3. The smallest absolute Gasteiger partial charge is 0.328 e. The summed E-state index contributed by atoms with van der Waals surface area (Å²) < 4.78 is 5.01. The van der Waals surface area contributed by atoms with Crippen molar-refractivity contribution in [2.24, 2.45) is 10.9 Å². The Kier molecular flexibility index (Phi) is 14.3. The summed E-state index contributed by atoms with van der Waals surface area (Å²) in [5.74, 6) is -2.51. The van der Waals surface area contributed by atoms with E-state index in [0.717, 1.165) is 12.8 Å². The first-order valence-electron chi connectivity index (χ1n) is 8.69. The third-order valence-electron chi connectivity index (χ3n) is 3.24. The molecule has 1 aromatic carbocycles. The molecular formula is C18H24ClN3O8. The number of nitro benzene ring substituents is 1. The van der Waals surface area contributed by atoms with E-state index in [1.807, 2.05) is 0 Å². The zero-order valence-corrected chi connectivity index (χ0v) is 17.1. The number of carbonyl (C=O) groups is 2. The van der Waals surface area contributed by atoms with Gasteiger partial charge in [-0.1, -0.05) is 16.8 Å². The fourth-order valence-electron chi connectivity index (χ4n) is 1.93. The quantitative estimate of drug-likeness (QED) is 0.143. The van der Waals surface area contributed by atoms with Gasteiger partial charge in [0.1, 0.15) is 11.6 Å². The molecule has 0 heterocycles. The molecule has 0 fully saturated rings. The van der Waals surface area contributed by atoms with E-state index in [2.05, 4.69) is 5.16 Å². The number of ether oxygens (including phenoxy) is 1. The highest BCUT2D eigenvalue weighted by Crippen LogP contribution is 2.26. The topological polar surface area (TPSA) is 175 Å². The summed E-state index contributed by atoms with van der Waals surface area (Å²) in [5.41, 5.74) is 6.61. The van der Waals surface area contributed by atoms with Gasteiger partial charge in [0.2, 0.25) is 0 Å². The number of nitro groups is 1. The number of methoxy groups -OCH3 is 1. The third-order valence-corrected chi connectivity index (χ3v) is 3.54. The Balaban J connectivity index is 0.000000890. The maximum atomic E-state index is 10.8. The first kappa shape index (κ1) is 27.0. The molecular weight excluding hydrogens is 422 g/mol. The Labute approximate surface area is 177 Å². The van der Waals surface area contributed by atoms with E-state index >= 15 is 0 Å². The molecule has 12 heteroatoms. The van der Waals surface area contributed by atoms with Gasteiger partial charge in [0.05, 0.1) is 10.6 Å². The summed E-state index contributed by atoms with van der Waals surface area (Å²) in [6.07, 6.45) is 3.51. The molecule has 166 valence electrons. The molecule has 1 rings (SSSR count). The lowest BCUT2D eigenvalue weighted by atomic mass is 10.0. The predicted molar refractivity (Wildman–Crippen MR) is 110 cm³/mol. The average Bonchev–Trinajstić information content (AvgIpc) is 2.68. The van der Waals surface area contributed by atoms with Crippen LogP contribution in [-0.2, 0) is 19.2 Å². The van der Waals surface area contributed by atoms with Crippen LogP contribution in [0.5, 0.6) is 0 Å². The lowest BCUT2D eigenvalue weighted by Gasteiger charge is -2.08. The highest BCUT2D eigenvalue weighted by molar-refractivity contribution is 6.33. The second-order valence-electron chi connectivity index (χ2n) is 5.54. The Morgan fingerprint density at radius 3 is 2.33 bits per heavy atom. The van der Waals surface area contributed by atoms with Gasteiger partial charge in [0.15, 0.2) is 0 Å². The molecule has 0 saturated carbocycles. The fourth-order valence-corrected chi connectivity index (χ4v) is 2.18. The van der Waals surface area contributed by atoms with Crippen LogP contribution < -0.4 is 5.73 Å². The normalized spacial score (nSPS) is 11.0. The van der Waals surface area contributed by atoms with Gasteiger partial charge >= 0.3 is 11.9 Å². The number of benzene rings is 1. The molecule has 0 aliphatic rings. The van der Waals surface area contributed by atoms with Gasteiger partial charge in [-0.2, -0.15) is 0 Å². The molecule has 0 aliphatic heterocycles. The van der Waals surface area contributed by atoms with Crippen molar-refractivity contribution in [1.29, 1.82) is 0 Å². The average molecular weight is 446 g/mol. The van der Waals surface area contributed by atoms with Gasteiger partial charge in [0.25, 0.3) is 5.69 Å². The number of aliphatic carboxylic acids is 2. The van der Waals surface area contributed by atoms with Crippen LogP contribution in [0.25, 0.3) is 0 Å². The molecule has 0 bridgehead atoms. The van der Waals surface area contributed by atoms with Crippen molar-refractivity contribution >= 4 is 34.9 Å². The van der Waals surface area contributed by atoms with Gasteiger partial charge in [-0.25, -0.2) is 9.59 Å². The molecule has 4 N–H and O–H groups in total. The number of carboxylic acids is 2. The number of rotatable bonds is 12. The van der Waals surface area contributed by atoms with E-state index in [0.29, 0.717) is 49.6 Å². The van der Waals surface area contributed by atoms with E-state index in [1.165, 1.54) is 12.1 Å². The van der Waals surface area contributed by atoms with Gasteiger partial charge < -0.3 is 25.5 Å². The van der Waals surface area contributed by atoms with E-state index in [4.69, 9.17) is 37.1 Å². The Hall–Kier alpha value is -3.02. The van der Waals surface area contributed by atoms with Gasteiger partial charge in [-0.05, 0) is 31.4 Å².